The van der Waals surface area contributed by atoms with Gasteiger partial charge in [-0.1, -0.05) is 19.3 Å². The highest BCUT2D eigenvalue weighted by molar-refractivity contribution is 6.02. The summed E-state index contributed by atoms with van der Waals surface area (Å²) in [6.07, 6.45) is 7.85. The molecule has 2 fully saturated rings. The Kier molecular flexibility index (Phi) is 6.40. The third-order valence-corrected chi connectivity index (χ3v) is 7.01. The van der Waals surface area contributed by atoms with Gasteiger partial charge < -0.3 is 25.2 Å². The van der Waals surface area contributed by atoms with E-state index in [1.54, 1.807) is 23.1 Å². The van der Waals surface area contributed by atoms with Crippen LogP contribution in [0.15, 0.2) is 24.4 Å². The molecule has 2 amide bonds. The summed E-state index contributed by atoms with van der Waals surface area (Å²) in [7, 11) is 2.82. The number of methoxy groups -OCH3 is 1. The van der Waals surface area contributed by atoms with Crippen molar-refractivity contribution in [2.75, 3.05) is 35.8 Å². The Morgan fingerprint density at radius 1 is 1.17 bits per heavy atom. The summed E-state index contributed by atoms with van der Waals surface area (Å²) in [5, 5.41) is 6.03. The van der Waals surface area contributed by atoms with Crippen molar-refractivity contribution in [3.63, 3.8) is 0 Å². The molecule has 0 bridgehead atoms. The minimum Gasteiger partial charge on any atom is -0.495 e. The summed E-state index contributed by atoms with van der Waals surface area (Å²) in [6.45, 7) is -0.724. The Labute approximate surface area is 208 Å². The minimum absolute atomic E-state index is 0.135. The third-order valence-electron chi connectivity index (χ3n) is 7.01. The molecule has 0 spiro atoms. The number of anilines is 4. The van der Waals surface area contributed by atoms with Crippen LogP contribution in [0, 0.1) is 0 Å². The van der Waals surface area contributed by atoms with Crippen LogP contribution in [-0.2, 0) is 4.79 Å². The number of hydrogen-bond donors (Lipinski definition) is 2. The number of carbonyl (C=O) groups is 2. The van der Waals surface area contributed by atoms with Gasteiger partial charge in [0.1, 0.15) is 11.4 Å². The molecular formula is C25H30F2N6O3. The monoisotopic (exact) mass is 500 g/mol. The van der Waals surface area contributed by atoms with Crippen molar-refractivity contribution in [2.45, 2.75) is 63.0 Å². The van der Waals surface area contributed by atoms with E-state index >= 15 is 0 Å². The number of fused-ring (bicyclic) bond motifs is 1. The maximum atomic E-state index is 14.9. The summed E-state index contributed by atoms with van der Waals surface area (Å²) < 4.78 is 35.2. The standard InChI is InChI=1S/C25H30F2N6O3/c1-32-19-13-28-24(30-18-11-8-15(12-20(18)36-2)22(34)29-16-9-10-16)31-21(19)33(14-25(26,27)23(32)35)17-6-4-3-5-7-17/h8,11-13,16-17H,3-7,9-10,14H2,1-2H3,(H,29,34)(H,28,30,31). The molecule has 0 saturated heterocycles. The molecule has 2 N–H and O–H groups in total. The summed E-state index contributed by atoms with van der Waals surface area (Å²) in [4.78, 5) is 36.3. The topological polar surface area (TPSA) is 99.7 Å². The van der Waals surface area contributed by atoms with Crippen LogP contribution in [0.1, 0.15) is 55.3 Å². The lowest BCUT2D eigenvalue weighted by Gasteiger charge is -2.35. The van der Waals surface area contributed by atoms with Crippen molar-refractivity contribution in [3.05, 3.63) is 30.0 Å². The first kappa shape index (κ1) is 24.2. The smallest absolute Gasteiger partial charge is 0.342 e. The quantitative estimate of drug-likeness (QED) is 0.621. The lowest BCUT2D eigenvalue weighted by Crippen LogP contribution is -2.49. The molecule has 0 radical (unpaired) electrons. The van der Waals surface area contributed by atoms with Gasteiger partial charge in [0.2, 0.25) is 5.95 Å². The molecule has 5 rings (SSSR count). The maximum absolute atomic E-state index is 14.9. The van der Waals surface area contributed by atoms with Gasteiger partial charge in [-0.2, -0.15) is 13.8 Å². The van der Waals surface area contributed by atoms with Crippen LogP contribution in [0.5, 0.6) is 5.75 Å². The van der Waals surface area contributed by atoms with E-state index in [0.717, 1.165) is 49.8 Å². The first-order valence-electron chi connectivity index (χ1n) is 12.3. The second kappa shape index (κ2) is 9.51. The number of amides is 2. The fourth-order valence-electron chi connectivity index (χ4n) is 4.83. The fraction of sp³-hybridized carbons (Fsp3) is 0.520. The summed E-state index contributed by atoms with van der Waals surface area (Å²) in [5.74, 6) is -4.09. The van der Waals surface area contributed by atoms with Crippen LogP contribution >= 0.6 is 0 Å². The van der Waals surface area contributed by atoms with Gasteiger partial charge in [-0.15, -0.1) is 0 Å². The molecule has 192 valence electrons. The van der Waals surface area contributed by atoms with Gasteiger partial charge in [0, 0.05) is 24.7 Å². The van der Waals surface area contributed by atoms with Crippen molar-refractivity contribution in [1.29, 1.82) is 0 Å². The zero-order valence-electron chi connectivity index (χ0n) is 20.4. The summed E-state index contributed by atoms with van der Waals surface area (Å²) >= 11 is 0. The van der Waals surface area contributed by atoms with E-state index in [-0.39, 0.29) is 29.6 Å². The molecule has 3 aliphatic rings. The molecule has 0 unspecified atom stereocenters. The second-order valence-corrected chi connectivity index (χ2v) is 9.68. The SMILES string of the molecule is COc1cc(C(=O)NC2CC2)ccc1Nc1ncc2c(n1)N(C1CCCCC1)CC(F)(F)C(=O)N2C. The van der Waals surface area contributed by atoms with Crippen LogP contribution in [0.3, 0.4) is 0 Å². The van der Waals surface area contributed by atoms with Crippen LogP contribution < -0.4 is 25.2 Å². The molecule has 2 heterocycles. The molecule has 2 saturated carbocycles. The summed E-state index contributed by atoms with van der Waals surface area (Å²) in [5.41, 5.74) is 1.23. The second-order valence-electron chi connectivity index (χ2n) is 9.68. The molecule has 2 aromatic rings. The first-order valence-corrected chi connectivity index (χ1v) is 12.3. The number of carbonyl (C=O) groups excluding carboxylic acids is 2. The number of halogens is 2. The summed E-state index contributed by atoms with van der Waals surface area (Å²) in [6, 6.07) is 5.10. The fourth-order valence-corrected chi connectivity index (χ4v) is 4.83. The molecule has 0 atom stereocenters. The predicted octanol–water partition coefficient (Wildman–Crippen LogP) is 3.87. The van der Waals surface area contributed by atoms with Gasteiger partial charge in [-0.3, -0.25) is 9.59 Å². The van der Waals surface area contributed by atoms with Crippen molar-refractivity contribution >= 4 is 35.0 Å². The molecule has 1 aliphatic heterocycles. The highest BCUT2D eigenvalue weighted by Crippen LogP contribution is 2.39. The third kappa shape index (κ3) is 4.78. The number of rotatable bonds is 6. The number of nitrogens with zero attached hydrogens (tertiary/aromatic N) is 4. The Bertz CT molecular complexity index is 1170. The normalized spacial score (nSPS) is 19.9. The van der Waals surface area contributed by atoms with E-state index in [2.05, 4.69) is 20.6 Å². The van der Waals surface area contributed by atoms with E-state index in [1.807, 2.05) is 0 Å². The molecule has 2 aliphatic carbocycles. The molecule has 9 nitrogen and oxygen atoms in total. The number of alkyl halides is 2. The highest BCUT2D eigenvalue weighted by atomic mass is 19.3. The van der Waals surface area contributed by atoms with Crippen LogP contribution in [-0.4, -0.2) is 60.5 Å². The van der Waals surface area contributed by atoms with E-state index < -0.39 is 18.4 Å². The number of ether oxygens (including phenoxy) is 1. The predicted molar refractivity (Wildman–Crippen MR) is 131 cm³/mol. The van der Waals surface area contributed by atoms with Crippen molar-refractivity contribution in [1.82, 2.24) is 15.3 Å². The zero-order valence-corrected chi connectivity index (χ0v) is 20.4. The first-order chi connectivity index (χ1) is 17.3. The Hall–Kier alpha value is -3.50. The van der Waals surface area contributed by atoms with Crippen molar-refractivity contribution in [2.24, 2.45) is 0 Å². The highest BCUT2D eigenvalue weighted by Gasteiger charge is 2.48. The van der Waals surface area contributed by atoms with Crippen molar-refractivity contribution in [3.8, 4) is 5.75 Å². The van der Waals surface area contributed by atoms with Gasteiger partial charge >= 0.3 is 5.92 Å². The molecule has 11 heteroatoms. The molecular weight excluding hydrogens is 470 g/mol. The average Bonchev–Trinajstić information content (AvgIpc) is 3.71. The van der Waals surface area contributed by atoms with Crippen LogP contribution in [0.25, 0.3) is 0 Å². The number of nitrogens with one attached hydrogen (secondary N) is 2. The van der Waals surface area contributed by atoms with E-state index in [0.29, 0.717) is 22.8 Å². The molecule has 36 heavy (non-hydrogen) atoms. The van der Waals surface area contributed by atoms with Gasteiger partial charge in [0.15, 0.2) is 5.82 Å². The number of aromatic nitrogens is 2. The number of benzene rings is 1. The van der Waals surface area contributed by atoms with Gasteiger partial charge in [0.05, 0.1) is 25.5 Å². The average molecular weight is 501 g/mol. The number of hydrogen-bond acceptors (Lipinski definition) is 7. The van der Waals surface area contributed by atoms with Gasteiger partial charge in [-0.25, -0.2) is 4.98 Å². The Morgan fingerprint density at radius 3 is 2.61 bits per heavy atom. The maximum Gasteiger partial charge on any atom is 0.342 e. The van der Waals surface area contributed by atoms with Gasteiger partial charge in [-0.05, 0) is 43.9 Å². The lowest BCUT2D eigenvalue weighted by molar-refractivity contribution is -0.140. The van der Waals surface area contributed by atoms with E-state index in [9.17, 15) is 18.4 Å². The molecule has 1 aromatic heterocycles. The van der Waals surface area contributed by atoms with Crippen LogP contribution in [0.2, 0.25) is 0 Å². The van der Waals surface area contributed by atoms with Gasteiger partial charge in [0.25, 0.3) is 11.8 Å². The minimum atomic E-state index is -3.54. The molecule has 1 aromatic carbocycles. The zero-order chi connectivity index (χ0) is 25.4. The Balaban J connectivity index is 1.46. The van der Waals surface area contributed by atoms with E-state index in [4.69, 9.17) is 4.74 Å². The van der Waals surface area contributed by atoms with Crippen LogP contribution in [0.4, 0.5) is 31.9 Å². The lowest BCUT2D eigenvalue weighted by atomic mass is 9.94. The van der Waals surface area contributed by atoms with E-state index in [1.165, 1.54) is 20.4 Å². The Morgan fingerprint density at radius 2 is 1.92 bits per heavy atom. The largest absolute Gasteiger partial charge is 0.495 e. The van der Waals surface area contributed by atoms with Crippen molar-refractivity contribution < 1.29 is 23.1 Å².